The number of nitrogens with one attached hydrogen (secondary N) is 2. The van der Waals surface area contributed by atoms with E-state index >= 15 is 0 Å². The van der Waals surface area contributed by atoms with Gasteiger partial charge in [0.2, 0.25) is 0 Å². The molecule has 1 aliphatic heterocycles. The summed E-state index contributed by atoms with van der Waals surface area (Å²) in [6.45, 7) is 13.4. The Bertz CT molecular complexity index is 789. The van der Waals surface area contributed by atoms with E-state index in [1.807, 2.05) is 6.92 Å². The van der Waals surface area contributed by atoms with E-state index in [0.29, 0.717) is 5.92 Å². The summed E-state index contributed by atoms with van der Waals surface area (Å²) in [7, 11) is 0. The lowest BCUT2D eigenvalue weighted by molar-refractivity contribution is 0.329. The molecule has 1 aromatic carbocycles. The van der Waals surface area contributed by atoms with Crippen LogP contribution in [0.25, 0.3) is 0 Å². The van der Waals surface area contributed by atoms with Gasteiger partial charge in [0, 0.05) is 45.0 Å². The second-order valence-electron chi connectivity index (χ2n) is 8.34. The summed E-state index contributed by atoms with van der Waals surface area (Å²) in [6, 6.07) is 12.9. The lowest BCUT2D eigenvalue weighted by atomic mass is 10.1. The molecular formula is C24H39IN6. The molecule has 3 rings (SSSR count). The summed E-state index contributed by atoms with van der Waals surface area (Å²) in [6.07, 6.45) is 3.41. The highest BCUT2D eigenvalue weighted by atomic mass is 127. The minimum absolute atomic E-state index is 0. The van der Waals surface area contributed by atoms with Crippen molar-refractivity contribution in [2.45, 2.75) is 46.6 Å². The fourth-order valence-electron chi connectivity index (χ4n) is 4.10. The number of likely N-dealkylation sites (tertiary alicyclic amines) is 1. The number of rotatable bonds is 10. The van der Waals surface area contributed by atoms with Gasteiger partial charge in [0.05, 0.1) is 5.69 Å². The van der Waals surface area contributed by atoms with Crippen LogP contribution < -0.4 is 10.6 Å². The first-order chi connectivity index (χ1) is 14.6. The third kappa shape index (κ3) is 8.80. The number of halogens is 1. The van der Waals surface area contributed by atoms with Crippen LogP contribution >= 0.6 is 24.0 Å². The van der Waals surface area contributed by atoms with E-state index in [4.69, 9.17) is 4.99 Å². The zero-order chi connectivity index (χ0) is 21.2. The number of nitrogens with zero attached hydrogens (tertiary/aromatic N) is 4. The monoisotopic (exact) mass is 538 g/mol. The molecule has 0 amide bonds. The predicted molar refractivity (Wildman–Crippen MR) is 140 cm³/mol. The standard InChI is InChI=1S/C24H38N6.HI/c1-4-25-24(26-13-8-14-30-21(3)17-20(2)28-30)27-18-23-12-16-29(19-23)15-11-22-9-6-5-7-10-22;/h5-7,9-10,17,23H,4,8,11-16,18-19H2,1-3H3,(H2,25,26,27);1H. The first kappa shape index (κ1) is 25.6. The average Bonchev–Trinajstić information content (AvgIpc) is 3.33. The third-order valence-electron chi connectivity index (χ3n) is 5.72. The lowest BCUT2D eigenvalue weighted by Crippen LogP contribution is -2.38. The molecule has 1 unspecified atom stereocenters. The van der Waals surface area contributed by atoms with Crippen LogP contribution in [0.3, 0.4) is 0 Å². The van der Waals surface area contributed by atoms with Gasteiger partial charge in [-0.25, -0.2) is 0 Å². The van der Waals surface area contributed by atoms with Crippen LogP contribution in [0.2, 0.25) is 0 Å². The molecule has 0 saturated carbocycles. The van der Waals surface area contributed by atoms with Gasteiger partial charge in [-0.1, -0.05) is 30.3 Å². The van der Waals surface area contributed by atoms with Crippen LogP contribution in [0.4, 0.5) is 0 Å². The first-order valence-corrected chi connectivity index (χ1v) is 11.4. The maximum absolute atomic E-state index is 4.86. The molecule has 2 N–H and O–H groups in total. The number of hydrogen-bond acceptors (Lipinski definition) is 3. The van der Waals surface area contributed by atoms with Gasteiger partial charge in [-0.15, -0.1) is 24.0 Å². The second-order valence-corrected chi connectivity index (χ2v) is 8.34. The van der Waals surface area contributed by atoms with Crippen molar-refractivity contribution in [2.24, 2.45) is 10.9 Å². The molecule has 1 atom stereocenters. The molecule has 2 heterocycles. The maximum Gasteiger partial charge on any atom is 0.191 e. The highest BCUT2D eigenvalue weighted by molar-refractivity contribution is 14.0. The van der Waals surface area contributed by atoms with Gasteiger partial charge in [0.1, 0.15) is 0 Å². The molecule has 172 valence electrons. The minimum atomic E-state index is 0. The van der Waals surface area contributed by atoms with E-state index in [-0.39, 0.29) is 24.0 Å². The molecule has 7 heteroatoms. The molecule has 1 saturated heterocycles. The van der Waals surface area contributed by atoms with Crippen molar-refractivity contribution in [1.82, 2.24) is 25.3 Å². The Labute approximate surface area is 204 Å². The molecule has 31 heavy (non-hydrogen) atoms. The van der Waals surface area contributed by atoms with E-state index < -0.39 is 0 Å². The van der Waals surface area contributed by atoms with Gasteiger partial charge in [-0.2, -0.15) is 5.10 Å². The van der Waals surface area contributed by atoms with Crippen LogP contribution in [-0.4, -0.2) is 59.9 Å². The van der Waals surface area contributed by atoms with Gasteiger partial charge in [0.15, 0.2) is 5.96 Å². The van der Waals surface area contributed by atoms with E-state index in [0.717, 1.165) is 63.8 Å². The molecule has 0 spiro atoms. The predicted octanol–water partition coefficient (Wildman–Crippen LogP) is 3.63. The Morgan fingerprint density at radius 1 is 1.16 bits per heavy atom. The van der Waals surface area contributed by atoms with Crippen molar-refractivity contribution in [3.8, 4) is 0 Å². The van der Waals surface area contributed by atoms with Crippen molar-refractivity contribution >= 4 is 29.9 Å². The Kier molecular flexibility index (Phi) is 11.4. The Balaban J connectivity index is 0.00000341. The topological polar surface area (TPSA) is 57.5 Å². The maximum atomic E-state index is 4.86. The average molecular weight is 539 g/mol. The number of aromatic nitrogens is 2. The van der Waals surface area contributed by atoms with Gasteiger partial charge in [-0.05, 0) is 64.1 Å². The summed E-state index contributed by atoms with van der Waals surface area (Å²) in [4.78, 5) is 7.45. The van der Waals surface area contributed by atoms with E-state index in [9.17, 15) is 0 Å². The molecule has 6 nitrogen and oxygen atoms in total. The van der Waals surface area contributed by atoms with Crippen molar-refractivity contribution in [1.29, 1.82) is 0 Å². The number of guanidine groups is 1. The van der Waals surface area contributed by atoms with Gasteiger partial charge >= 0.3 is 0 Å². The van der Waals surface area contributed by atoms with Crippen LogP contribution in [0, 0.1) is 19.8 Å². The van der Waals surface area contributed by atoms with Gasteiger partial charge in [0.25, 0.3) is 0 Å². The zero-order valence-electron chi connectivity index (χ0n) is 19.3. The van der Waals surface area contributed by atoms with Crippen LogP contribution in [-0.2, 0) is 13.0 Å². The molecule has 0 radical (unpaired) electrons. The van der Waals surface area contributed by atoms with Crippen LogP contribution in [0.1, 0.15) is 36.7 Å². The summed E-state index contributed by atoms with van der Waals surface area (Å²) in [5, 5.41) is 11.4. The van der Waals surface area contributed by atoms with Crippen LogP contribution in [0.5, 0.6) is 0 Å². The molecule has 0 bridgehead atoms. The Morgan fingerprint density at radius 3 is 2.68 bits per heavy atom. The van der Waals surface area contributed by atoms with E-state index in [1.54, 1.807) is 0 Å². The molecule has 1 aromatic heterocycles. The second kappa shape index (κ2) is 13.7. The van der Waals surface area contributed by atoms with Crippen molar-refractivity contribution in [2.75, 3.05) is 39.3 Å². The molecule has 1 aliphatic rings. The Hall–Kier alpha value is -1.61. The number of aliphatic imine (C=N–C) groups is 1. The van der Waals surface area contributed by atoms with Crippen LogP contribution in [0.15, 0.2) is 41.4 Å². The van der Waals surface area contributed by atoms with E-state index in [1.165, 1.54) is 24.2 Å². The number of benzene rings is 1. The number of aryl methyl sites for hydroxylation is 3. The SMILES string of the molecule is CCNC(=NCC1CCN(CCc2ccccc2)C1)NCCCn1nc(C)cc1C.I. The van der Waals surface area contributed by atoms with Crippen molar-refractivity contribution in [3.63, 3.8) is 0 Å². The van der Waals surface area contributed by atoms with Gasteiger partial charge < -0.3 is 15.5 Å². The largest absolute Gasteiger partial charge is 0.357 e. The molecule has 0 aliphatic carbocycles. The Morgan fingerprint density at radius 2 is 1.97 bits per heavy atom. The molecular weight excluding hydrogens is 499 g/mol. The normalized spacial score (nSPS) is 16.9. The summed E-state index contributed by atoms with van der Waals surface area (Å²) in [5.74, 6) is 1.60. The third-order valence-corrected chi connectivity index (χ3v) is 5.72. The minimum Gasteiger partial charge on any atom is -0.357 e. The van der Waals surface area contributed by atoms with E-state index in [2.05, 4.69) is 75.6 Å². The molecule has 1 fully saturated rings. The summed E-state index contributed by atoms with van der Waals surface area (Å²) in [5.41, 5.74) is 3.74. The van der Waals surface area contributed by atoms with Gasteiger partial charge in [-0.3, -0.25) is 9.67 Å². The van der Waals surface area contributed by atoms with Crippen molar-refractivity contribution < 1.29 is 0 Å². The summed E-state index contributed by atoms with van der Waals surface area (Å²) < 4.78 is 2.09. The smallest absolute Gasteiger partial charge is 0.191 e. The highest BCUT2D eigenvalue weighted by Gasteiger charge is 2.21. The molecule has 2 aromatic rings. The lowest BCUT2D eigenvalue weighted by Gasteiger charge is -2.16. The fourth-order valence-corrected chi connectivity index (χ4v) is 4.10. The number of hydrogen-bond donors (Lipinski definition) is 2. The fraction of sp³-hybridized carbons (Fsp3) is 0.583. The highest BCUT2D eigenvalue weighted by Crippen LogP contribution is 2.17. The zero-order valence-corrected chi connectivity index (χ0v) is 21.6. The first-order valence-electron chi connectivity index (χ1n) is 11.4. The quantitative estimate of drug-likeness (QED) is 0.210. The summed E-state index contributed by atoms with van der Waals surface area (Å²) >= 11 is 0. The van der Waals surface area contributed by atoms with Crippen molar-refractivity contribution in [3.05, 3.63) is 53.3 Å².